The summed E-state index contributed by atoms with van der Waals surface area (Å²) in [5.41, 5.74) is 1.96. The van der Waals surface area contributed by atoms with Gasteiger partial charge in [-0.2, -0.15) is 0 Å². The van der Waals surface area contributed by atoms with Crippen molar-refractivity contribution in [1.82, 2.24) is 4.98 Å². The number of para-hydroxylation sites is 4. The molecule has 2 atom stereocenters. The Kier molecular flexibility index (Phi) is 8.46. The van der Waals surface area contributed by atoms with Gasteiger partial charge in [-0.15, -0.1) is 0 Å². The molecule has 10 heteroatoms. The highest BCUT2D eigenvalue weighted by atomic mass is 31.2. The van der Waals surface area contributed by atoms with Gasteiger partial charge in [0.25, 0.3) is 0 Å². The Labute approximate surface area is 273 Å². The third kappa shape index (κ3) is 6.48. The first-order valence-corrected chi connectivity index (χ1v) is 18.5. The zero-order valence-corrected chi connectivity index (χ0v) is 27.3. The van der Waals surface area contributed by atoms with Crippen LogP contribution in [0, 0.1) is 6.92 Å². The van der Waals surface area contributed by atoms with Gasteiger partial charge in [0.2, 0.25) is 0 Å². The van der Waals surface area contributed by atoms with Crippen molar-refractivity contribution in [2.45, 2.75) is 24.8 Å². The van der Waals surface area contributed by atoms with E-state index in [1.165, 1.54) is 0 Å². The van der Waals surface area contributed by atoms with Crippen molar-refractivity contribution in [1.29, 1.82) is 0 Å². The normalized spacial score (nSPS) is 16.0. The van der Waals surface area contributed by atoms with E-state index in [0.29, 0.717) is 39.8 Å². The molecule has 2 unspecified atom stereocenters. The summed E-state index contributed by atoms with van der Waals surface area (Å²) in [6.45, 7) is 2.00. The van der Waals surface area contributed by atoms with Crippen LogP contribution in [-0.4, -0.2) is 10.8 Å². The molecule has 5 aromatic carbocycles. The molecule has 0 amide bonds. The van der Waals surface area contributed by atoms with Crippen molar-refractivity contribution in [2.24, 2.45) is 0 Å². The first-order valence-electron chi connectivity index (χ1n) is 15.2. The number of aromatic nitrogens is 1. The van der Waals surface area contributed by atoms with Crippen molar-refractivity contribution in [3.63, 3.8) is 0 Å². The fourth-order valence-electron chi connectivity index (χ4n) is 5.68. The number of fused-ring (bicyclic) bond motifs is 3. The number of rotatable bonds is 10. The highest BCUT2D eigenvalue weighted by Crippen LogP contribution is 2.68. The van der Waals surface area contributed by atoms with Crippen molar-refractivity contribution in [3.8, 4) is 23.0 Å². The molecule has 0 saturated heterocycles. The van der Waals surface area contributed by atoms with Crippen molar-refractivity contribution in [2.75, 3.05) is 5.32 Å². The Hall–Kier alpha value is -5.03. The number of nitrogens with zero attached hydrogens (tertiary/aromatic N) is 1. The van der Waals surface area contributed by atoms with Crippen molar-refractivity contribution in [3.05, 3.63) is 157 Å². The van der Waals surface area contributed by atoms with Crippen LogP contribution >= 0.6 is 15.2 Å². The highest BCUT2D eigenvalue weighted by Gasteiger charge is 2.52. The Balaban J connectivity index is 1.41. The molecule has 1 aliphatic rings. The van der Waals surface area contributed by atoms with E-state index < -0.39 is 26.6 Å². The molecule has 0 bridgehead atoms. The van der Waals surface area contributed by atoms with Gasteiger partial charge in [0.15, 0.2) is 5.78 Å². The van der Waals surface area contributed by atoms with Gasteiger partial charge < -0.3 is 23.4 Å². The third-order valence-electron chi connectivity index (χ3n) is 7.95. The lowest BCUT2D eigenvalue weighted by atomic mass is 9.98. The van der Waals surface area contributed by atoms with Crippen LogP contribution in [0.2, 0.25) is 0 Å². The molecule has 0 aliphatic carbocycles. The van der Waals surface area contributed by atoms with E-state index in [1.54, 1.807) is 103 Å². The van der Waals surface area contributed by atoms with Gasteiger partial charge in [0.05, 0.1) is 11.2 Å². The fourth-order valence-corrected chi connectivity index (χ4v) is 9.87. The van der Waals surface area contributed by atoms with Crippen LogP contribution in [0.4, 0.5) is 5.69 Å². The van der Waals surface area contributed by atoms with Crippen LogP contribution < -0.4 is 23.4 Å². The van der Waals surface area contributed by atoms with Gasteiger partial charge in [-0.25, -0.2) is 9.13 Å². The van der Waals surface area contributed by atoms with Gasteiger partial charge in [-0.1, -0.05) is 84.9 Å². The Morgan fingerprint density at radius 3 is 1.51 bits per heavy atom. The maximum atomic E-state index is 15.4. The summed E-state index contributed by atoms with van der Waals surface area (Å²) < 4.78 is 55.9. The van der Waals surface area contributed by atoms with Gasteiger partial charge >= 0.3 is 15.2 Å². The molecule has 2 heterocycles. The Morgan fingerprint density at radius 1 is 0.596 bits per heavy atom. The lowest BCUT2D eigenvalue weighted by Crippen LogP contribution is -2.33. The van der Waals surface area contributed by atoms with Crippen LogP contribution in [0.5, 0.6) is 23.0 Å². The first-order chi connectivity index (χ1) is 22.9. The Bertz CT molecular complexity index is 1990. The smallest absolute Gasteiger partial charge is 0.416 e. The monoisotopic (exact) mass is 662 g/mol. The predicted octanol–water partition coefficient (Wildman–Crippen LogP) is 10.4. The minimum Gasteiger partial charge on any atom is -0.416 e. The van der Waals surface area contributed by atoms with E-state index in [4.69, 9.17) is 23.1 Å². The van der Waals surface area contributed by atoms with Crippen LogP contribution in [-0.2, 0) is 9.13 Å². The standard InChI is InChI=1S/C37H32N2O6P2/c1-27-24-25-38-36-32(27)22-23-33-34(46(40,42-28-14-6-2-7-15-28)43-29-16-8-3-9-17-29)26-35(39-37(33)36)47(41,44-30-18-10-4-11-19-30)45-31-20-12-5-13-21-31/h2-25,34-35,39H,26H2,1H3. The number of benzene rings is 5. The second kappa shape index (κ2) is 13.0. The lowest BCUT2D eigenvalue weighted by Gasteiger charge is -2.38. The first kappa shape index (κ1) is 30.6. The summed E-state index contributed by atoms with van der Waals surface area (Å²) in [6, 6.07) is 41.4. The van der Waals surface area contributed by atoms with E-state index in [9.17, 15) is 0 Å². The summed E-state index contributed by atoms with van der Waals surface area (Å²) in [4.78, 5) is 4.72. The average Bonchev–Trinajstić information content (AvgIpc) is 3.09. The topological polar surface area (TPSA) is 96.0 Å². The minimum atomic E-state index is -4.13. The largest absolute Gasteiger partial charge is 0.452 e. The van der Waals surface area contributed by atoms with Crippen LogP contribution in [0.15, 0.2) is 146 Å². The molecule has 0 fully saturated rings. The summed E-state index contributed by atoms with van der Waals surface area (Å²) in [6.07, 6.45) is 1.75. The predicted molar refractivity (Wildman–Crippen MR) is 185 cm³/mol. The minimum absolute atomic E-state index is 0.0260. The maximum absolute atomic E-state index is 15.4. The summed E-state index contributed by atoms with van der Waals surface area (Å²) >= 11 is 0. The average molecular weight is 663 g/mol. The third-order valence-corrected chi connectivity index (χ3v) is 12.2. The molecule has 0 saturated carbocycles. The number of nitrogens with one attached hydrogen (secondary N) is 1. The quantitative estimate of drug-likeness (QED) is 0.145. The van der Waals surface area contributed by atoms with Crippen LogP contribution in [0.25, 0.3) is 10.9 Å². The Morgan fingerprint density at radius 2 is 1.04 bits per heavy atom. The molecule has 0 spiro atoms. The van der Waals surface area contributed by atoms with Crippen LogP contribution in [0.3, 0.4) is 0 Å². The van der Waals surface area contributed by atoms with E-state index in [0.717, 1.165) is 10.9 Å². The van der Waals surface area contributed by atoms with Gasteiger partial charge in [-0.05, 0) is 72.6 Å². The SMILES string of the molecule is Cc1ccnc2c3c(ccc12)C(P(=O)(Oc1ccccc1)Oc1ccccc1)CC(P(=O)(Oc1ccccc1)Oc1ccccc1)N3. The molecule has 8 nitrogen and oxygen atoms in total. The van der Waals surface area contributed by atoms with E-state index in [-0.39, 0.29) is 6.42 Å². The maximum Gasteiger partial charge on any atom is 0.452 e. The number of hydrogen-bond donors (Lipinski definition) is 1. The number of aryl methyl sites for hydroxylation is 1. The number of pyridine rings is 1. The lowest BCUT2D eigenvalue weighted by molar-refractivity contribution is 0.355. The van der Waals surface area contributed by atoms with E-state index >= 15 is 9.13 Å². The molecular formula is C37H32N2O6P2. The summed E-state index contributed by atoms with van der Waals surface area (Å²) in [7, 11) is -8.26. The zero-order chi connectivity index (χ0) is 32.3. The molecular weight excluding hydrogens is 630 g/mol. The van der Waals surface area contributed by atoms with Crippen LogP contribution in [0.1, 0.15) is 23.2 Å². The molecule has 6 aromatic rings. The van der Waals surface area contributed by atoms with E-state index in [1.807, 2.05) is 49.4 Å². The molecule has 47 heavy (non-hydrogen) atoms. The zero-order valence-electron chi connectivity index (χ0n) is 25.5. The molecule has 7 rings (SSSR count). The molecule has 0 radical (unpaired) electrons. The fraction of sp³-hybridized carbons (Fsp3) is 0.108. The van der Waals surface area contributed by atoms with Gasteiger partial charge in [0.1, 0.15) is 28.7 Å². The van der Waals surface area contributed by atoms with Crippen molar-refractivity contribution >= 4 is 31.8 Å². The van der Waals surface area contributed by atoms with E-state index in [2.05, 4.69) is 5.32 Å². The molecule has 1 aliphatic heterocycles. The highest BCUT2D eigenvalue weighted by molar-refractivity contribution is 7.56. The summed E-state index contributed by atoms with van der Waals surface area (Å²) in [5.74, 6) is 0.504. The number of anilines is 1. The second-order valence-corrected chi connectivity index (χ2v) is 15.3. The number of hydrogen-bond acceptors (Lipinski definition) is 8. The molecule has 1 aromatic heterocycles. The molecule has 236 valence electrons. The molecule has 1 N–H and O–H groups in total. The van der Waals surface area contributed by atoms with Crippen molar-refractivity contribution < 1.29 is 27.2 Å². The van der Waals surface area contributed by atoms with Gasteiger partial charge in [-0.3, -0.25) is 4.98 Å². The second-order valence-electron chi connectivity index (χ2n) is 11.2. The van der Waals surface area contributed by atoms with Gasteiger partial charge in [0, 0.05) is 18.0 Å². The summed E-state index contributed by atoms with van der Waals surface area (Å²) in [5, 5.41) is 4.36.